The highest BCUT2D eigenvalue weighted by Crippen LogP contribution is 2.29. The molecule has 0 saturated carbocycles. The molecule has 0 aliphatic heterocycles. The topological polar surface area (TPSA) is 12.0 Å². The quantitative estimate of drug-likeness (QED) is 0.598. The average Bonchev–Trinajstić information content (AvgIpc) is 2.53. The number of nitrogens with one attached hydrogen (secondary N) is 1. The molecule has 0 amide bonds. The normalized spacial score (nSPS) is 12.9. The molecule has 0 radical (unpaired) electrons. The first-order chi connectivity index (χ1) is 12.0. The molecule has 0 bridgehead atoms. The van der Waals surface area contributed by atoms with E-state index in [-0.39, 0.29) is 16.9 Å². The van der Waals surface area contributed by atoms with Crippen LogP contribution in [0.15, 0.2) is 42.5 Å². The summed E-state index contributed by atoms with van der Waals surface area (Å²) in [5, 5.41) is 3.64. The van der Waals surface area contributed by atoms with Gasteiger partial charge in [0, 0.05) is 22.7 Å². The van der Waals surface area contributed by atoms with E-state index in [1.165, 1.54) is 22.4 Å². The molecular weight excluding hydrogens is 314 g/mol. The predicted octanol–water partition coefficient (Wildman–Crippen LogP) is 6.86. The van der Waals surface area contributed by atoms with E-state index in [2.05, 4.69) is 115 Å². The van der Waals surface area contributed by atoms with Gasteiger partial charge in [0.2, 0.25) is 0 Å². The van der Waals surface area contributed by atoms with Gasteiger partial charge in [-0.1, -0.05) is 50.8 Å². The highest BCUT2D eigenvalue weighted by atomic mass is 14.9. The third-order valence-electron chi connectivity index (χ3n) is 4.42. The Kier molecular flexibility index (Phi) is 5.87. The fraction of sp³-hybridized carbons (Fsp3) is 0.440. The molecule has 1 atom stereocenters. The van der Waals surface area contributed by atoms with Gasteiger partial charge < -0.3 is 5.32 Å². The third-order valence-corrected chi connectivity index (χ3v) is 4.42. The van der Waals surface area contributed by atoms with Crippen molar-refractivity contribution in [1.82, 2.24) is 0 Å². The maximum Gasteiger partial charge on any atom is 0.0485 e. The Morgan fingerprint density at radius 3 is 2.04 bits per heavy atom. The van der Waals surface area contributed by atoms with Crippen molar-refractivity contribution in [3.63, 3.8) is 0 Å². The van der Waals surface area contributed by atoms with Gasteiger partial charge in [-0.25, -0.2) is 0 Å². The van der Waals surface area contributed by atoms with Crippen molar-refractivity contribution in [2.75, 3.05) is 5.32 Å². The van der Waals surface area contributed by atoms with E-state index in [4.69, 9.17) is 0 Å². The molecule has 1 heteroatoms. The number of benzene rings is 2. The van der Waals surface area contributed by atoms with Crippen LogP contribution >= 0.6 is 0 Å². The summed E-state index contributed by atoms with van der Waals surface area (Å²) in [6, 6.07) is 15.5. The van der Waals surface area contributed by atoms with Gasteiger partial charge in [-0.15, -0.1) is 0 Å². The van der Waals surface area contributed by atoms with Crippen LogP contribution in [0, 0.1) is 24.2 Å². The third kappa shape index (κ3) is 5.67. The Balaban J connectivity index is 2.15. The molecule has 0 fully saturated rings. The monoisotopic (exact) mass is 347 g/mol. The van der Waals surface area contributed by atoms with E-state index < -0.39 is 0 Å². The van der Waals surface area contributed by atoms with Gasteiger partial charge in [-0.05, 0) is 81.0 Å². The zero-order valence-electron chi connectivity index (χ0n) is 17.6. The van der Waals surface area contributed by atoms with E-state index in [0.717, 1.165) is 5.56 Å². The van der Waals surface area contributed by atoms with E-state index >= 15 is 0 Å². The highest BCUT2D eigenvalue weighted by molar-refractivity contribution is 5.52. The Morgan fingerprint density at radius 2 is 1.50 bits per heavy atom. The molecule has 0 spiro atoms. The molecule has 1 unspecified atom stereocenters. The van der Waals surface area contributed by atoms with Crippen LogP contribution in [0.3, 0.4) is 0 Å². The molecule has 0 aliphatic rings. The van der Waals surface area contributed by atoms with Crippen molar-refractivity contribution in [2.45, 2.75) is 66.8 Å². The number of hydrogen-bond acceptors (Lipinski definition) is 1. The van der Waals surface area contributed by atoms with Crippen molar-refractivity contribution in [3.05, 3.63) is 64.7 Å². The molecule has 0 saturated heterocycles. The minimum Gasteiger partial charge on any atom is -0.379 e. The van der Waals surface area contributed by atoms with Crippen molar-refractivity contribution in [3.8, 4) is 11.8 Å². The largest absolute Gasteiger partial charge is 0.379 e. The van der Waals surface area contributed by atoms with E-state index in [1.807, 2.05) is 0 Å². The summed E-state index contributed by atoms with van der Waals surface area (Å²) >= 11 is 0. The molecule has 2 aromatic rings. The lowest BCUT2D eigenvalue weighted by atomic mass is 9.84. The highest BCUT2D eigenvalue weighted by Gasteiger charge is 2.17. The first kappa shape index (κ1) is 20.1. The fourth-order valence-electron chi connectivity index (χ4n) is 2.97. The van der Waals surface area contributed by atoms with E-state index in [0.29, 0.717) is 0 Å². The minimum absolute atomic E-state index is 0.0315. The van der Waals surface area contributed by atoms with Gasteiger partial charge in [0.25, 0.3) is 0 Å². The molecule has 0 aromatic heterocycles. The standard InChI is InChI=1S/C25H33N/c1-18-9-14-22(17-23(18)25(6,7)8)26-19(2)21-12-10-20(11-13-21)15-16-24(3,4)5/h9-14,17,19,26H,1-8H3. The number of hydrogen-bond donors (Lipinski definition) is 1. The number of anilines is 1. The Hall–Kier alpha value is -2.20. The summed E-state index contributed by atoms with van der Waals surface area (Å²) in [4.78, 5) is 0. The first-order valence-electron chi connectivity index (χ1n) is 9.46. The summed E-state index contributed by atoms with van der Waals surface area (Å²) in [6.45, 7) is 17.6. The van der Waals surface area contributed by atoms with Crippen molar-refractivity contribution in [2.24, 2.45) is 5.41 Å². The minimum atomic E-state index is 0.0315. The van der Waals surface area contributed by atoms with E-state index in [9.17, 15) is 0 Å². The molecule has 0 aliphatic carbocycles. The van der Waals surface area contributed by atoms with Crippen molar-refractivity contribution >= 4 is 5.69 Å². The molecular formula is C25H33N. The summed E-state index contributed by atoms with van der Waals surface area (Å²) in [7, 11) is 0. The maximum absolute atomic E-state index is 3.64. The molecule has 0 heterocycles. The van der Waals surface area contributed by atoms with Crippen LogP contribution in [-0.4, -0.2) is 0 Å². The van der Waals surface area contributed by atoms with Crippen LogP contribution in [0.5, 0.6) is 0 Å². The van der Waals surface area contributed by atoms with Gasteiger partial charge >= 0.3 is 0 Å². The van der Waals surface area contributed by atoms with Gasteiger partial charge in [0.1, 0.15) is 0 Å². The molecule has 138 valence electrons. The molecule has 1 N–H and O–H groups in total. The number of rotatable bonds is 3. The Morgan fingerprint density at radius 1 is 0.885 bits per heavy atom. The zero-order valence-corrected chi connectivity index (χ0v) is 17.6. The summed E-state index contributed by atoms with van der Waals surface area (Å²) in [5.74, 6) is 6.55. The summed E-state index contributed by atoms with van der Waals surface area (Å²) in [6.07, 6.45) is 0. The lowest BCUT2D eigenvalue weighted by Gasteiger charge is -2.24. The van der Waals surface area contributed by atoms with Gasteiger partial charge in [0.15, 0.2) is 0 Å². The first-order valence-corrected chi connectivity index (χ1v) is 9.46. The van der Waals surface area contributed by atoms with Crippen LogP contribution in [-0.2, 0) is 5.41 Å². The van der Waals surface area contributed by atoms with Crippen LogP contribution < -0.4 is 5.32 Å². The second-order valence-corrected chi connectivity index (χ2v) is 9.27. The maximum atomic E-state index is 3.64. The van der Waals surface area contributed by atoms with Crippen LogP contribution in [0.25, 0.3) is 0 Å². The van der Waals surface area contributed by atoms with Gasteiger partial charge in [-0.2, -0.15) is 0 Å². The van der Waals surface area contributed by atoms with Gasteiger partial charge in [-0.3, -0.25) is 0 Å². The van der Waals surface area contributed by atoms with Crippen LogP contribution in [0.1, 0.15) is 76.8 Å². The fourth-order valence-corrected chi connectivity index (χ4v) is 2.97. The van der Waals surface area contributed by atoms with Crippen molar-refractivity contribution in [1.29, 1.82) is 0 Å². The second-order valence-electron chi connectivity index (χ2n) is 9.27. The Bertz CT molecular complexity index is 802. The lowest BCUT2D eigenvalue weighted by Crippen LogP contribution is -2.14. The molecule has 2 rings (SSSR count). The number of aryl methyl sites for hydroxylation is 1. The average molecular weight is 348 g/mol. The molecule has 26 heavy (non-hydrogen) atoms. The molecule has 1 nitrogen and oxygen atoms in total. The lowest BCUT2D eigenvalue weighted by molar-refractivity contribution is 0.571. The van der Waals surface area contributed by atoms with E-state index in [1.54, 1.807) is 0 Å². The van der Waals surface area contributed by atoms with Crippen LogP contribution in [0.2, 0.25) is 0 Å². The smallest absolute Gasteiger partial charge is 0.0485 e. The summed E-state index contributed by atoms with van der Waals surface area (Å²) in [5.41, 5.74) is 6.43. The predicted molar refractivity (Wildman–Crippen MR) is 115 cm³/mol. The zero-order chi connectivity index (χ0) is 19.5. The SMILES string of the molecule is Cc1ccc(NC(C)c2ccc(C#CC(C)(C)C)cc2)cc1C(C)(C)C. The van der Waals surface area contributed by atoms with Crippen molar-refractivity contribution < 1.29 is 0 Å². The molecule has 2 aromatic carbocycles. The summed E-state index contributed by atoms with van der Waals surface area (Å²) < 4.78 is 0. The Labute approximate surface area is 160 Å². The second kappa shape index (κ2) is 7.58. The van der Waals surface area contributed by atoms with Gasteiger partial charge in [0.05, 0.1) is 0 Å². The van der Waals surface area contributed by atoms with Crippen LogP contribution in [0.4, 0.5) is 5.69 Å².